The fourth-order valence-corrected chi connectivity index (χ4v) is 13.4. The molecule has 68 heavy (non-hydrogen) atoms. The number of benzene rings is 2. The Morgan fingerprint density at radius 3 is 2.46 bits per heavy atom. The number of ketones is 1. The lowest BCUT2D eigenvalue weighted by Gasteiger charge is -2.64. The van der Waals surface area contributed by atoms with E-state index >= 15 is 0 Å². The van der Waals surface area contributed by atoms with Gasteiger partial charge in [0.1, 0.15) is 34.6 Å². The number of piperidine rings is 1. The number of likely N-dealkylation sites (N-methyl/N-ethyl adjacent to an activating group) is 2. The molecule has 1 saturated heterocycles. The molecule has 8 rings (SSSR count). The van der Waals surface area contributed by atoms with Gasteiger partial charge in [0.2, 0.25) is 11.9 Å². The summed E-state index contributed by atoms with van der Waals surface area (Å²) in [5, 5.41) is 29.4. The molecule has 3 amide bonds. The number of alkyl carbamates (subject to hydrolysis) is 1. The predicted octanol–water partition coefficient (Wildman–Crippen LogP) is 4.33. The number of hydrogen-bond acceptors (Lipinski definition) is 12. The Morgan fingerprint density at radius 2 is 1.76 bits per heavy atom. The van der Waals surface area contributed by atoms with E-state index in [1.807, 2.05) is 26.8 Å². The summed E-state index contributed by atoms with van der Waals surface area (Å²) in [6, 6.07) is 2.49. The second kappa shape index (κ2) is 17.4. The van der Waals surface area contributed by atoms with Crippen molar-refractivity contribution in [2.45, 2.75) is 158 Å². The van der Waals surface area contributed by atoms with Crippen molar-refractivity contribution in [3.8, 4) is 17.2 Å². The first kappa shape index (κ1) is 49.3. The van der Waals surface area contributed by atoms with Gasteiger partial charge in [0.05, 0.1) is 30.4 Å². The molecular formula is C49H70N7O11S+. The van der Waals surface area contributed by atoms with Crippen LogP contribution in [-0.2, 0) is 42.6 Å². The quantitative estimate of drug-likeness (QED) is 0.0673. The average molecular weight is 965 g/mol. The summed E-state index contributed by atoms with van der Waals surface area (Å²) in [6.07, 6.45) is 2.74. The Bertz CT molecular complexity index is 2560. The van der Waals surface area contributed by atoms with Gasteiger partial charge in [-0.15, -0.1) is 0 Å². The average Bonchev–Trinajstić information content (AvgIpc) is 3.87. The Hall–Kier alpha value is -5.14. The highest BCUT2D eigenvalue weighted by Gasteiger charge is 2.76. The molecule has 6 N–H and O–H groups in total. The van der Waals surface area contributed by atoms with E-state index in [1.165, 1.54) is 24.8 Å². The third-order valence-electron chi connectivity index (χ3n) is 15.3. The third kappa shape index (κ3) is 8.86. The second-order valence-electron chi connectivity index (χ2n) is 22.0. The highest BCUT2D eigenvalue weighted by atomic mass is 32.2. The van der Waals surface area contributed by atoms with Gasteiger partial charge < -0.3 is 49.4 Å². The maximum Gasteiger partial charge on any atom is 0.415 e. The minimum atomic E-state index is -4.16. The Balaban J connectivity index is 0.870. The molecule has 2 saturated carbocycles. The Morgan fingerprint density at radius 1 is 1.04 bits per heavy atom. The zero-order valence-corrected chi connectivity index (χ0v) is 42.0. The number of aliphatic hydroxyl groups is 1. The van der Waals surface area contributed by atoms with E-state index in [0.29, 0.717) is 54.2 Å². The normalized spacial score (nSPS) is 26.5. The number of nitrogens with one attached hydrogen (secondary N) is 5. The van der Waals surface area contributed by atoms with Crippen molar-refractivity contribution in [2.75, 3.05) is 46.8 Å². The molecule has 3 aliphatic carbocycles. The van der Waals surface area contributed by atoms with Gasteiger partial charge in [0, 0.05) is 69.4 Å². The number of fused-ring (bicyclic) bond motifs is 1. The standard InChI is InChI=1S/C49H69N7O11S/c1-27-28(2)40(29(3)32-25-47(7,8)66-38(27)32)68(62,63)54-43(50)52-20-11-12-33(53-44(59)67-46(4,5)6)42(58)51-21-22-55(9)45(60)64-35-16-15-31-24-36-49(61)18-17-34(57)41-48(49,37(31)39(35)65-41)19-23-56(36,10)26-30-13-14-30/h15-16,30,33,36,41,61H,11-14,17-26H2,1-10H3,(H4-,50,51,52,53,54,58,59)/p+1/t33-,36?,41-,48-,49+,56-/m0/s1. The lowest BCUT2D eigenvalue weighted by Crippen LogP contribution is -2.80. The molecule has 6 atom stereocenters. The zero-order chi connectivity index (χ0) is 49.5. The van der Waals surface area contributed by atoms with Crippen molar-refractivity contribution >= 4 is 39.9 Å². The van der Waals surface area contributed by atoms with Crippen LogP contribution in [0.25, 0.3) is 0 Å². The van der Waals surface area contributed by atoms with Gasteiger partial charge in [0.25, 0.3) is 10.0 Å². The first-order valence-corrected chi connectivity index (χ1v) is 25.5. The van der Waals surface area contributed by atoms with Crippen LogP contribution in [0.2, 0.25) is 0 Å². The Kier molecular flexibility index (Phi) is 12.6. The van der Waals surface area contributed by atoms with Crippen LogP contribution < -0.4 is 34.9 Å². The van der Waals surface area contributed by atoms with Crippen LogP contribution in [0.4, 0.5) is 9.59 Å². The molecule has 0 radical (unpaired) electrons. The van der Waals surface area contributed by atoms with Crippen molar-refractivity contribution in [1.29, 1.82) is 5.41 Å². The number of sulfonamides is 1. The van der Waals surface area contributed by atoms with E-state index < -0.39 is 68.4 Å². The van der Waals surface area contributed by atoms with Gasteiger partial charge in [-0.1, -0.05) is 6.07 Å². The van der Waals surface area contributed by atoms with Gasteiger partial charge in [-0.05, 0) is 116 Å². The number of hydrogen-bond donors (Lipinski definition) is 6. The summed E-state index contributed by atoms with van der Waals surface area (Å²) in [4.78, 5) is 55.0. The van der Waals surface area contributed by atoms with Crippen molar-refractivity contribution < 1.29 is 56.1 Å². The van der Waals surface area contributed by atoms with Crippen LogP contribution >= 0.6 is 0 Å². The van der Waals surface area contributed by atoms with E-state index in [2.05, 4.69) is 27.7 Å². The largest absolute Gasteiger partial charge is 0.487 e. The van der Waals surface area contributed by atoms with Gasteiger partial charge in [-0.25, -0.2) is 22.7 Å². The molecule has 3 heterocycles. The smallest absolute Gasteiger partial charge is 0.415 e. The molecule has 18 nitrogen and oxygen atoms in total. The number of amides is 3. The van der Waals surface area contributed by atoms with Gasteiger partial charge in [0.15, 0.2) is 23.4 Å². The fourth-order valence-electron chi connectivity index (χ4n) is 11.8. The van der Waals surface area contributed by atoms with E-state index in [-0.39, 0.29) is 61.4 Å². The monoisotopic (exact) mass is 964 g/mol. The van der Waals surface area contributed by atoms with Gasteiger partial charge in [-0.2, -0.15) is 0 Å². The maximum absolute atomic E-state index is 13.7. The molecule has 372 valence electrons. The summed E-state index contributed by atoms with van der Waals surface area (Å²) in [6.45, 7) is 16.2. The van der Waals surface area contributed by atoms with Crippen molar-refractivity contribution in [1.82, 2.24) is 25.6 Å². The number of guanidine groups is 1. The molecular weight excluding hydrogens is 895 g/mol. The molecule has 3 aliphatic heterocycles. The molecule has 2 aromatic carbocycles. The highest BCUT2D eigenvalue weighted by Crippen LogP contribution is 2.66. The Labute approximate surface area is 399 Å². The van der Waals surface area contributed by atoms with E-state index in [1.54, 1.807) is 40.7 Å². The summed E-state index contributed by atoms with van der Waals surface area (Å²) >= 11 is 0. The van der Waals surface area contributed by atoms with Crippen LogP contribution in [0.1, 0.15) is 113 Å². The van der Waals surface area contributed by atoms with Crippen LogP contribution in [-0.4, -0.2) is 135 Å². The summed E-state index contributed by atoms with van der Waals surface area (Å²) in [5.74, 6) is 0.818. The number of rotatable bonds is 14. The number of quaternary nitrogens is 1. The van der Waals surface area contributed by atoms with E-state index in [0.717, 1.165) is 39.8 Å². The minimum absolute atomic E-state index is 0.00818. The summed E-state index contributed by atoms with van der Waals surface area (Å²) in [5.41, 5.74) is 1.10. The van der Waals surface area contributed by atoms with Crippen LogP contribution in [0, 0.1) is 32.1 Å². The van der Waals surface area contributed by atoms with Crippen molar-refractivity contribution in [2.24, 2.45) is 5.92 Å². The van der Waals surface area contributed by atoms with Crippen LogP contribution in [0.5, 0.6) is 17.2 Å². The SMILES string of the molecule is Cc1c(C)c(S(=O)(=O)NC(=N)NCCC[C@H](NC(=O)OC(C)(C)C)C(=O)NCCN(C)C(=O)Oc2ccc3c4c2O[C@H]2C(=O)CC[C@@]5(O)C(C3)[N@+](C)(CC3CC3)CC[C@]425)c(C)c2c1OC(C)(C)C2. The number of ether oxygens (including phenoxy) is 4. The topological polar surface area (TPSA) is 235 Å². The number of nitrogens with zero attached hydrogens (tertiary/aromatic N) is 2. The summed E-state index contributed by atoms with van der Waals surface area (Å²) < 4.78 is 54.4. The molecule has 19 heteroatoms. The first-order chi connectivity index (χ1) is 31.7. The van der Waals surface area contributed by atoms with Crippen LogP contribution in [0.3, 0.4) is 0 Å². The number of carbonyl (C=O) groups is 4. The van der Waals surface area contributed by atoms with Crippen molar-refractivity contribution in [3.63, 3.8) is 0 Å². The number of carbonyl (C=O) groups excluding carboxylic acids is 4. The van der Waals surface area contributed by atoms with Crippen molar-refractivity contribution in [3.05, 3.63) is 45.5 Å². The molecule has 1 unspecified atom stereocenters. The minimum Gasteiger partial charge on any atom is -0.487 e. The molecule has 6 aliphatic rings. The predicted molar refractivity (Wildman–Crippen MR) is 252 cm³/mol. The molecule has 1 spiro atoms. The molecule has 2 aromatic rings. The van der Waals surface area contributed by atoms with Gasteiger partial charge in [-0.3, -0.25) is 15.0 Å². The highest BCUT2D eigenvalue weighted by molar-refractivity contribution is 7.90. The van der Waals surface area contributed by atoms with Crippen LogP contribution in [0.15, 0.2) is 17.0 Å². The lowest BCUT2D eigenvalue weighted by molar-refractivity contribution is -0.950. The number of Topliss-reactive ketones (excluding diaryl/α,β-unsaturated/α-hetero) is 1. The molecule has 3 fully saturated rings. The second-order valence-corrected chi connectivity index (χ2v) is 23.6. The molecule has 2 bridgehead atoms. The lowest BCUT2D eigenvalue weighted by atomic mass is 9.48. The fraction of sp³-hybridized carbons (Fsp3) is 0.653. The van der Waals surface area contributed by atoms with Gasteiger partial charge >= 0.3 is 12.2 Å². The molecule has 0 aromatic heterocycles. The third-order valence-corrected chi connectivity index (χ3v) is 16.9. The maximum atomic E-state index is 13.7. The van der Waals surface area contributed by atoms with E-state index in [9.17, 15) is 32.7 Å². The zero-order valence-electron chi connectivity index (χ0n) is 41.2. The van der Waals surface area contributed by atoms with E-state index in [4.69, 9.17) is 24.4 Å². The first-order valence-electron chi connectivity index (χ1n) is 24.0. The summed E-state index contributed by atoms with van der Waals surface area (Å²) in [7, 11) is -0.384. The number of likely N-dealkylation sites (tertiary alicyclic amines) is 1.